The number of hydrogen-bond donors (Lipinski definition) is 1. The Balaban J connectivity index is 1.98. The summed E-state index contributed by atoms with van der Waals surface area (Å²) >= 11 is 7.40. The summed E-state index contributed by atoms with van der Waals surface area (Å²) in [6.45, 7) is 2.43. The van der Waals surface area contributed by atoms with Crippen molar-refractivity contribution in [3.05, 3.63) is 50.9 Å². The highest BCUT2D eigenvalue weighted by molar-refractivity contribution is 7.11. The Hall–Kier alpha value is -1.39. The molecule has 1 aromatic heterocycles. The second-order valence-corrected chi connectivity index (χ2v) is 5.31. The number of aryl methyl sites for hydroxylation is 1. The quantitative estimate of drug-likeness (QED) is 0.928. The number of halogens is 1. The van der Waals surface area contributed by atoms with Crippen LogP contribution in [0.5, 0.6) is 0 Å². The van der Waals surface area contributed by atoms with Gasteiger partial charge in [0.1, 0.15) is 5.01 Å². The van der Waals surface area contributed by atoms with E-state index in [0.29, 0.717) is 17.1 Å². The van der Waals surface area contributed by atoms with Gasteiger partial charge in [-0.3, -0.25) is 4.79 Å². The van der Waals surface area contributed by atoms with Gasteiger partial charge in [-0.05, 0) is 25.1 Å². The molecule has 17 heavy (non-hydrogen) atoms. The lowest BCUT2D eigenvalue weighted by Gasteiger charge is -2.03. The second-order valence-electron chi connectivity index (χ2n) is 3.56. The number of nitrogens with one attached hydrogen (secondary N) is 1. The fourth-order valence-electron chi connectivity index (χ4n) is 1.37. The van der Waals surface area contributed by atoms with Gasteiger partial charge in [0.25, 0.3) is 5.91 Å². The van der Waals surface area contributed by atoms with Crippen LogP contribution in [0.15, 0.2) is 30.5 Å². The topological polar surface area (TPSA) is 42.0 Å². The molecule has 1 N–H and O–H groups in total. The van der Waals surface area contributed by atoms with Crippen molar-refractivity contribution < 1.29 is 4.79 Å². The molecule has 0 aliphatic carbocycles. The molecular formula is C12H11ClN2OS. The van der Waals surface area contributed by atoms with Gasteiger partial charge in [-0.2, -0.15) is 0 Å². The molecule has 0 fully saturated rings. The van der Waals surface area contributed by atoms with Crippen molar-refractivity contribution in [2.75, 3.05) is 0 Å². The van der Waals surface area contributed by atoms with Crippen LogP contribution >= 0.6 is 22.9 Å². The molecule has 0 bridgehead atoms. The first kappa shape index (κ1) is 12.1. The monoisotopic (exact) mass is 266 g/mol. The molecule has 0 spiro atoms. The Kier molecular flexibility index (Phi) is 3.76. The van der Waals surface area contributed by atoms with Crippen molar-refractivity contribution in [1.82, 2.24) is 10.3 Å². The van der Waals surface area contributed by atoms with Gasteiger partial charge in [0.2, 0.25) is 0 Å². The van der Waals surface area contributed by atoms with Gasteiger partial charge in [0.05, 0.1) is 6.54 Å². The number of carbonyl (C=O) groups is 1. The molecule has 0 aliphatic heterocycles. The van der Waals surface area contributed by atoms with Crippen molar-refractivity contribution in [1.29, 1.82) is 0 Å². The van der Waals surface area contributed by atoms with Crippen molar-refractivity contribution in [2.24, 2.45) is 0 Å². The van der Waals surface area contributed by atoms with Gasteiger partial charge >= 0.3 is 0 Å². The zero-order valence-electron chi connectivity index (χ0n) is 9.24. The van der Waals surface area contributed by atoms with Crippen LogP contribution in [0, 0.1) is 6.92 Å². The van der Waals surface area contributed by atoms with E-state index in [-0.39, 0.29) is 5.91 Å². The van der Waals surface area contributed by atoms with E-state index in [2.05, 4.69) is 10.3 Å². The van der Waals surface area contributed by atoms with E-state index < -0.39 is 0 Å². The van der Waals surface area contributed by atoms with Gasteiger partial charge in [-0.15, -0.1) is 11.3 Å². The summed E-state index contributed by atoms with van der Waals surface area (Å²) in [6, 6.07) is 6.87. The lowest BCUT2D eigenvalue weighted by molar-refractivity contribution is 0.0951. The predicted molar refractivity (Wildman–Crippen MR) is 69.5 cm³/mol. The number of nitrogens with zero attached hydrogens (tertiary/aromatic N) is 1. The highest BCUT2D eigenvalue weighted by Crippen LogP contribution is 2.12. The maximum absolute atomic E-state index is 11.8. The van der Waals surface area contributed by atoms with E-state index >= 15 is 0 Å². The molecule has 2 aromatic rings. The minimum absolute atomic E-state index is 0.139. The van der Waals surface area contributed by atoms with Crippen LogP contribution < -0.4 is 5.32 Å². The molecule has 0 unspecified atom stereocenters. The van der Waals surface area contributed by atoms with Crippen molar-refractivity contribution in [3.8, 4) is 0 Å². The first-order valence-corrected chi connectivity index (χ1v) is 6.29. The van der Waals surface area contributed by atoms with E-state index in [9.17, 15) is 4.79 Å². The fraction of sp³-hybridized carbons (Fsp3) is 0.167. The standard InChI is InChI=1S/C12H11ClN2OS/c1-8-6-14-11(17-8)7-15-12(16)9-3-2-4-10(13)5-9/h2-6H,7H2,1H3,(H,15,16). The molecule has 0 atom stereocenters. The summed E-state index contributed by atoms with van der Waals surface area (Å²) in [7, 11) is 0. The maximum Gasteiger partial charge on any atom is 0.251 e. The number of carbonyl (C=O) groups excluding carboxylic acids is 1. The normalized spacial score (nSPS) is 10.2. The van der Waals surface area contributed by atoms with Gasteiger partial charge in [-0.1, -0.05) is 17.7 Å². The number of thiazole rings is 1. The van der Waals surface area contributed by atoms with Crippen LogP contribution in [0.3, 0.4) is 0 Å². The summed E-state index contributed by atoms with van der Waals surface area (Å²) in [5, 5.41) is 4.27. The van der Waals surface area contributed by atoms with E-state index in [4.69, 9.17) is 11.6 Å². The van der Waals surface area contributed by atoms with E-state index in [0.717, 1.165) is 9.88 Å². The predicted octanol–water partition coefficient (Wildman–Crippen LogP) is 3.03. The summed E-state index contributed by atoms with van der Waals surface area (Å²) in [6.07, 6.45) is 1.80. The number of rotatable bonds is 3. The molecular weight excluding hydrogens is 256 g/mol. The molecule has 88 valence electrons. The average Bonchev–Trinajstić information content (AvgIpc) is 2.72. The van der Waals surface area contributed by atoms with Crippen molar-refractivity contribution in [3.63, 3.8) is 0 Å². The van der Waals surface area contributed by atoms with Gasteiger partial charge in [0.15, 0.2) is 0 Å². The fourth-order valence-corrected chi connectivity index (χ4v) is 2.29. The molecule has 1 aromatic carbocycles. The first-order valence-electron chi connectivity index (χ1n) is 5.10. The molecule has 1 amide bonds. The van der Waals surface area contributed by atoms with Crippen LogP contribution in [0.2, 0.25) is 5.02 Å². The molecule has 3 nitrogen and oxygen atoms in total. The minimum Gasteiger partial charge on any atom is -0.346 e. The SMILES string of the molecule is Cc1cnc(CNC(=O)c2cccc(Cl)c2)s1. The Labute approximate surface area is 108 Å². The molecule has 5 heteroatoms. The number of hydrogen-bond acceptors (Lipinski definition) is 3. The molecule has 0 saturated heterocycles. The van der Waals surface area contributed by atoms with Crippen LogP contribution in [-0.4, -0.2) is 10.9 Å². The van der Waals surface area contributed by atoms with E-state index in [1.54, 1.807) is 41.8 Å². The first-order chi connectivity index (χ1) is 8.15. The lowest BCUT2D eigenvalue weighted by atomic mass is 10.2. The number of amides is 1. The van der Waals surface area contributed by atoms with Crippen LogP contribution in [0.25, 0.3) is 0 Å². The highest BCUT2D eigenvalue weighted by atomic mass is 35.5. The largest absolute Gasteiger partial charge is 0.346 e. The van der Waals surface area contributed by atoms with E-state index in [1.165, 1.54) is 0 Å². The second kappa shape index (κ2) is 5.29. The zero-order chi connectivity index (χ0) is 12.3. The molecule has 2 rings (SSSR count). The lowest BCUT2D eigenvalue weighted by Crippen LogP contribution is -2.22. The molecule has 1 heterocycles. The van der Waals surface area contributed by atoms with Crippen LogP contribution in [-0.2, 0) is 6.54 Å². The highest BCUT2D eigenvalue weighted by Gasteiger charge is 2.06. The van der Waals surface area contributed by atoms with Crippen molar-refractivity contribution in [2.45, 2.75) is 13.5 Å². The molecule has 0 radical (unpaired) electrons. The van der Waals surface area contributed by atoms with Gasteiger partial charge < -0.3 is 5.32 Å². The summed E-state index contributed by atoms with van der Waals surface area (Å²) in [5.41, 5.74) is 0.561. The number of benzene rings is 1. The molecule has 0 saturated carbocycles. The van der Waals surface area contributed by atoms with Crippen LogP contribution in [0.4, 0.5) is 0 Å². The third-order valence-electron chi connectivity index (χ3n) is 2.16. The third-order valence-corrected chi connectivity index (χ3v) is 3.30. The average molecular weight is 267 g/mol. The van der Waals surface area contributed by atoms with Crippen LogP contribution in [0.1, 0.15) is 20.2 Å². The zero-order valence-corrected chi connectivity index (χ0v) is 10.8. The summed E-state index contributed by atoms with van der Waals surface area (Å²) in [4.78, 5) is 17.1. The van der Waals surface area contributed by atoms with Gasteiger partial charge in [0, 0.05) is 21.7 Å². The Morgan fingerprint density at radius 2 is 2.35 bits per heavy atom. The van der Waals surface area contributed by atoms with E-state index in [1.807, 2.05) is 6.92 Å². The molecule has 0 aliphatic rings. The summed E-state index contributed by atoms with van der Waals surface area (Å²) in [5.74, 6) is -0.139. The smallest absolute Gasteiger partial charge is 0.251 e. The maximum atomic E-state index is 11.8. The number of aromatic nitrogens is 1. The minimum atomic E-state index is -0.139. The Morgan fingerprint density at radius 1 is 1.53 bits per heavy atom. The van der Waals surface area contributed by atoms with Gasteiger partial charge in [-0.25, -0.2) is 4.98 Å². The summed E-state index contributed by atoms with van der Waals surface area (Å²) < 4.78 is 0. The third kappa shape index (κ3) is 3.28. The Morgan fingerprint density at radius 3 is 3.00 bits per heavy atom. The Bertz CT molecular complexity index is 539. The van der Waals surface area contributed by atoms with Crippen molar-refractivity contribution >= 4 is 28.8 Å².